The van der Waals surface area contributed by atoms with Crippen LogP contribution in [0.5, 0.6) is 0 Å². The van der Waals surface area contributed by atoms with Gasteiger partial charge in [-0.25, -0.2) is 17.8 Å². The van der Waals surface area contributed by atoms with Crippen LogP contribution in [0.3, 0.4) is 0 Å². The van der Waals surface area contributed by atoms with Crippen LogP contribution >= 0.6 is 0 Å². The van der Waals surface area contributed by atoms with Gasteiger partial charge in [-0.15, -0.1) is 0 Å². The van der Waals surface area contributed by atoms with Crippen molar-refractivity contribution in [2.45, 2.75) is 24.3 Å². The first-order valence-electron chi connectivity index (χ1n) is 8.62. The Kier molecular flexibility index (Phi) is 4.53. The number of nitrogens with zero attached hydrogens (tertiary/aromatic N) is 4. The third kappa shape index (κ3) is 3.38. The van der Waals surface area contributed by atoms with E-state index >= 15 is 0 Å². The molecule has 0 radical (unpaired) electrons. The summed E-state index contributed by atoms with van der Waals surface area (Å²) < 4.78 is 42.1. The van der Waals surface area contributed by atoms with Crippen LogP contribution in [0.15, 0.2) is 59.9 Å². The molecule has 4 rings (SSSR count). The highest BCUT2D eigenvalue weighted by Gasteiger charge is 2.39. The Balaban J connectivity index is 1.52. The number of sulfonamides is 1. The lowest BCUT2D eigenvalue weighted by molar-refractivity contribution is 0.251. The molecule has 0 aliphatic carbocycles. The highest BCUT2D eigenvalue weighted by molar-refractivity contribution is 7.89. The molecule has 3 heterocycles. The average molecular weight is 386 g/mol. The van der Waals surface area contributed by atoms with E-state index < -0.39 is 15.8 Å². The fraction of sp³-hybridized carbons (Fsp3) is 0.263. The lowest BCUT2D eigenvalue weighted by Crippen LogP contribution is -2.49. The van der Waals surface area contributed by atoms with Gasteiger partial charge < -0.3 is 4.57 Å². The molecule has 1 aliphatic rings. The first-order valence-corrected chi connectivity index (χ1v) is 10.1. The third-order valence-corrected chi connectivity index (χ3v) is 6.62. The van der Waals surface area contributed by atoms with Crippen LogP contribution < -0.4 is 0 Å². The Labute approximate surface area is 157 Å². The number of halogens is 1. The van der Waals surface area contributed by atoms with E-state index in [0.717, 1.165) is 23.1 Å². The molecule has 1 aromatic carbocycles. The minimum atomic E-state index is -3.68. The van der Waals surface area contributed by atoms with Gasteiger partial charge in [-0.1, -0.05) is 12.1 Å². The van der Waals surface area contributed by atoms with Gasteiger partial charge in [0.05, 0.1) is 11.4 Å². The number of aromatic nitrogens is 3. The molecule has 27 heavy (non-hydrogen) atoms. The van der Waals surface area contributed by atoms with Crippen LogP contribution in [0.25, 0.3) is 0 Å². The summed E-state index contributed by atoms with van der Waals surface area (Å²) in [6.45, 7) is 3.29. The van der Waals surface area contributed by atoms with Crippen molar-refractivity contribution in [3.63, 3.8) is 0 Å². The minimum absolute atomic E-state index is 0.0127. The Bertz CT molecular complexity index is 1060. The number of hydrogen-bond acceptors (Lipinski definition) is 4. The third-order valence-electron chi connectivity index (χ3n) is 4.80. The van der Waals surface area contributed by atoms with Gasteiger partial charge in [0.1, 0.15) is 11.6 Å². The second-order valence-corrected chi connectivity index (χ2v) is 8.62. The summed E-state index contributed by atoms with van der Waals surface area (Å²) in [7, 11) is -3.68. The zero-order chi connectivity index (χ0) is 19.0. The molecule has 0 saturated carbocycles. The second-order valence-electron chi connectivity index (χ2n) is 6.68. The van der Waals surface area contributed by atoms with Crippen molar-refractivity contribution in [3.8, 4) is 0 Å². The van der Waals surface area contributed by atoms with E-state index in [1.165, 1.54) is 22.5 Å². The first-order chi connectivity index (χ1) is 12.9. The molecule has 0 amide bonds. The van der Waals surface area contributed by atoms with Gasteiger partial charge in [-0.3, -0.25) is 4.98 Å². The number of hydrogen-bond donors (Lipinski definition) is 0. The summed E-state index contributed by atoms with van der Waals surface area (Å²) in [4.78, 5) is 8.62. The van der Waals surface area contributed by atoms with Crippen LogP contribution in [0, 0.1) is 12.7 Å². The second kappa shape index (κ2) is 6.86. The van der Waals surface area contributed by atoms with E-state index in [-0.39, 0.29) is 10.8 Å². The number of benzene rings is 1. The monoisotopic (exact) mass is 386 g/mol. The fourth-order valence-electron chi connectivity index (χ4n) is 3.26. The summed E-state index contributed by atoms with van der Waals surface area (Å²) in [6.07, 6.45) is 5.34. The topological polar surface area (TPSA) is 68.1 Å². The van der Waals surface area contributed by atoms with Crippen LogP contribution in [0.2, 0.25) is 0 Å². The van der Waals surface area contributed by atoms with Gasteiger partial charge >= 0.3 is 0 Å². The molecule has 0 spiro atoms. The molecule has 1 aliphatic heterocycles. The largest absolute Gasteiger partial charge is 0.328 e. The van der Waals surface area contributed by atoms with Gasteiger partial charge in [0, 0.05) is 43.3 Å². The Hall–Kier alpha value is -2.58. The summed E-state index contributed by atoms with van der Waals surface area (Å²) >= 11 is 0. The minimum Gasteiger partial charge on any atom is -0.328 e. The van der Waals surface area contributed by atoms with Gasteiger partial charge in [0.2, 0.25) is 10.0 Å². The first kappa shape index (κ1) is 17.8. The van der Waals surface area contributed by atoms with E-state index in [2.05, 4.69) is 14.5 Å². The van der Waals surface area contributed by atoms with Crippen LogP contribution in [0.1, 0.15) is 23.0 Å². The zero-order valence-corrected chi connectivity index (χ0v) is 15.6. The molecule has 2 aromatic heterocycles. The standard InChI is InChI=1S/C19H19FN4O2S/c1-14-9-22-19(24(14)11-15-4-3-7-21-10-15)16-12-23(13-16)27(25,26)18-6-2-5-17(20)8-18/h2-10,16H,11-13H2,1H3. The molecule has 6 nitrogen and oxygen atoms in total. The van der Waals surface area contributed by atoms with Gasteiger partial charge in [0.25, 0.3) is 0 Å². The summed E-state index contributed by atoms with van der Waals surface area (Å²) in [5.41, 5.74) is 2.07. The quantitative estimate of drug-likeness (QED) is 0.676. The maximum absolute atomic E-state index is 13.4. The van der Waals surface area contributed by atoms with Crippen LogP contribution in [-0.4, -0.2) is 40.3 Å². The van der Waals surface area contributed by atoms with Gasteiger partial charge in [-0.2, -0.15) is 4.31 Å². The predicted molar refractivity (Wildman–Crippen MR) is 98.2 cm³/mol. The van der Waals surface area contributed by atoms with E-state index in [9.17, 15) is 12.8 Å². The Morgan fingerprint density at radius 2 is 2.00 bits per heavy atom. The number of aryl methyl sites for hydroxylation is 1. The molecule has 0 N–H and O–H groups in total. The lowest BCUT2D eigenvalue weighted by atomic mass is 10.0. The number of rotatable bonds is 5. The van der Waals surface area contributed by atoms with E-state index in [0.29, 0.717) is 19.6 Å². The van der Waals surface area contributed by atoms with Crippen molar-refractivity contribution in [1.82, 2.24) is 18.8 Å². The van der Waals surface area contributed by atoms with Crippen LogP contribution in [-0.2, 0) is 16.6 Å². The molecular weight excluding hydrogens is 367 g/mol. The van der Waals surface area contributed by atoms with Crippen molar-refractivity contribution in [3.05, 3.63) is 77.9 Å². The Morgan fingerprint density at radius 3 is 2.70 bits per heavy atom. The van der Waals surface area contributed by atoms with Crippen molar-refractivity contribution in [2.75, 3.05) is 13.1 Å². The zero-order valence-electron chi connectivity index (χ0n) is 14.8. The average Bonchev–Trinajstić information content (AvgIpc) is 2.95. The predicted octanol–water partition coefficient (Wildman–Crippen LogP) is 2.56. The smallest absolute Gasteiger partial charge is 0.243 e. The molecule has 1 fully saturated rings. The molecule has 3 aromatic rings. The van der Waals surface area contributed by atoms with Gasteiger partial charge in [0.15, 0.2) is 0 Å². The highest BCUT2D eigenvalue weighted by atomic mass is 32.2. The molecule has 8 heteroatoms. The molecule has 1 saturated heterocycles. The number of pyridine rings is 1. The highest BCUT2D eigenvalue weighted by Crippen LogP contribution is 2.32. The summed E-state index contributed by atoms with van der Waals surface area (Å²) in [5.74, 6) is 0.316. The normalized spacial score (nSPS) is 15.6. The maximum atomic E-state index is 13.4. The Morgan fingerprint density at radius 1 is 1.19 bits per heavy atom. The summed E-state index contributed by atoms with van der Waals surface area (Å²) in [5, 5.41) is 0. The molecule has 0 unspecified atom stereocenters. The SMILES string of the molecule is Cc1cnc(C2CN(S(=O)(=O)c3cccc(F)c3)C2)n1Cc1cccnc1. The van der Waals surface area contributed by atoms with Crippen molar-refractivity contribution in [1.29, 1.82) is 0 Å². The molecule has 140 valence electrons. The van der Waals surface area contributed by atoms with E-state index in [4.69, 9.17) is 0 Å². The van der Waals surface area contributed by atoms with Crippen LogP contribution in [0.4, 0.5) is 4.39 Å². The van der Waals surface area contributed by atoms with Gasteiger partial charge in [-0.05, 0) is 36.8 Å². The molecular formula is C19H19FN4O2S. The lowest BCUT2D eigenvalue weighted by Gasteiger charge is -2.37. The fourth-order valence-corrected chi connectivity index (χ4v) is 4.82. The van der Waals surface area contributed by atoms with Crippen molar-refractivity contribution < 1.29 is 12.8 Å². The van der Waals surface area contributed by atoms with Crippen molar-refractivity contribution in [2.24, 2.45) is 0 Å². The maximum Gasteiger partial charge on any atom is 0.243 e. The van der Waals surface area contributed by atoms with E-state index in [1.807, 2.05) is 25.3 Å². The van der Waals surface area contributed by atoms with Crippen molar-refractivity contribution >= 4 is 10.0 Å². The molecule has 0 bridgehead atoms. The molecule has 0 atom stereocenters. The number of imidazole rings is 1. The summed E-state index contributed by atoms with van der Waals surface area (Å²) in [6, 6.07) is 8.99. The van der Waals surface area contributed by atoms with E-state index in [1.54, 1.807) is 12.4 Å².